The van der Waals surface area contributed by atoms with Crippen molar-refractivity contribution in [2.24, 2.45) is 0 Å². The zero-order chi connectivity index (χ0) is 18.4. The van der Waals surface area contributed by atoms with Crippen LogP contribution in [-0.4, -0.2) is 30.3 Å². The van der Waals surface area contributed by atoms with Crippen LogP contribution in [0.25, 0.3) is 0 Å². The predicted molar refractivity (Wildman–Crippen MR) is 97.1 cm³/mol. The van der Waals surface area contributed by atoms with Crippen molar-refractivity contribution >= 4 is 5.91 Å². The van der Waals surface area contributed by atoms with E-state index in [9.17, 15) is 4.79 Å². The molecule has 0 radical (unpaired) electrons. The van der Waals surface area contributed by atoms with Crippen molar-refractivity contribution in [1.29, 1.82) is 0 Å². The largest absolute Gasteiger partial charge is 0.489 e. The number of ether oxygens (including phenoxy) is 2. The van der Waals surface area contributed by atoms with Gasteiger partial charge in [-0.2, -0.15) is 0 Å². The lowest BCUT2D eigenvalue weighted by Crippen LogP contribution is -2.28. The number of benzene rings is 1. The van der Waals surface area contributed by atoms with E-state index < -0.39 is 0 Å². The van der Waals surface area contributed by atoms with Crippen LogP contribution in [0.1, 0.15) is 41.8 Å². The molecule has 1 amide bonds. The molecule has 0 bridgehead atoms. The fourth-order valence-electron chi connectivity index (χ4n) is 3.06. The van der Waals surface area contributed by atoms with Crippen LogP contribution in [0.5, 0.6) is 5.75 Å². The van der Waals surface area contributed by atoms with Gasteiger partial charge in [-0.25, -0.2) is 0 Å². The Hall–Kier alpha value is -2.34. The molecule has 1 atom stereocenters. The standard InChI is InChI=1S/C20H26N2O4/c1-14-19(15(2)26-22-14)13-25-18-7-5-16(6-8-18)12-20(23)21-10-9-17-4-3-11-24-17/h5-8,17H,3-4,9-13H2,1-2H3,(H,21,23)/t17-/m1/s1. The third-order valence-corrected chi connectivity index (χ3v) is 4.66. The van der Waals surface area contributed by atoms with E-state index in [4.69, 9.17) is 14.0 Å². The summed E-state index contributed by atoms with van der Waals surface area (Å²) in [6.07, 6.45) is 3.80. The minimum Gasteiger partial charge on any atom is -0.489 e. The van der Waals surface area contributed by atoms with Crippen LogP contribution in [-0.2, 0) is 22.6 Å². The van der Waals surface area contributed by atoms with Gasteiger partial charge in [-0.1, -0.05) is 17.3 Å². The number of aryl methyl sites for hydroxylation is 2. The Morgan fingerprint density at radius 2 is 2.12 bits per heavy atom. The SMILES string of the molecule is Cc1noc(C)c1COc1ccc(CC(=O)NCC[C@H]2CCCO2)cc1. The van der Waals surface area contributed by atoms with Gasteiger partial charge < -0.3 is 19.3 Å². The molecule has 0 unspecified atom stereocenters. The van der Waals surface area contributed by atoms with Crippen LogP contribution in [0.2, 0.25) is 0 Å². The molecule has 1 aliphatic rings. The Bertz CT molecular complexity index is 698. The minimum absolute atomic E-state index is 0.0346. The third-order valence-electron chi connectivity index (χ3n) is 4.66. The third kappa shape index (κ3) is 5.08. The highest BCUT2D eigenvalue weighted by Crippen LogP contribution is 2.18. The zero-order valence-corrected chi connectivity index (χ0v) is 15.4. The average molecular weight is 358 g/mol. The molecule has 2 aromatic rings. The molecule has 1 aromatic carbocycles. The van der Waals surface area contributed by atoms with Crippen molar-refractivity contribution in [3.63, 3.8) is 0 Å². The van der Waals surface area contributed by atoms with Gasteiger partial charge in [-0.15, -0.1) is 0 Å². The molecule has 1 aromatic heterocycles. The lowest BCUT2D eigenvalue weighted by molar-refractivity contribution is -0.120. The van der Waals surface area contributed by atoms with E-state index in [-0.39, 0.29) is 5.91 Å². The molecule has 1 saturated heterocycles. The molecule has 6 heteroatoms. The number of carbonyl (C=O) groups excluding carboxylic acids is 1. The quantitative estimate of drug-likeness (QED) is 0.785. The summed E-state index contributed by atoms with van der Waals surface area (Å²) in [4.78, 5) is 12.0. The first-order valence-electron chi connectivity index (χ1n) is 9.13. The molecule has 0 aliphatic carbocycles. The summed E-state index contributed by atoms with van der Waals surface area (Å²) in [5.74, 6) is 1.57. The van der Waals surface area contributed by atoms with Crippen molar-refractivity contribution in [1.82, 2.24) is 10.5 Å². The lowest BCUT2D eigenvalue weighted by Gasteiger charge is -2.10. The monoisotopic (exact) mass is 358 g/mol. The molecule has 1 N–H and O–H groups in total. The van der Waals surface area contributed by atoms with E-state index in [1.54, 1.807) is 0 Å². The fourth-order valence-corrected chi connectivity index (χ4v) is 3.06. The Morgan fingerprint density at radius 1 is 1.31 bits per heavy atom. The van der Waals surface area contributed by atoms with Crippen molar-refractivity contribution < 1.29 is 18.8 Å². The molecular weight excluding hydrogens is 332 g/mol. The highest BCUT2D eigenvalue weighted by molar-refractivity contribution is 5.78. The second-order valence-corrected chi connectivity index (χ2v) is 6.69. The molecule has 0 saturated carbocycles. The van der Waals surface area contributed by atoms with Crippen LogP contribution in [0, 0.1) is 13.8 Å². The van der Waals surface area contributed by atoms with Crippen LogP contribution in [0.15, 0.2) is 28.8 Å². The summed E-state index contributed by atoms with van der Waals surface area (Å²) in [7, 11) is 0. The van der Waals surface area contributed by atoms with Crippen molar-refractivity contribution in [2.45, 2.75) is 52.2 Å². The van der Waals surface area contributed by atoms with Crippen LogP contribution < -0.4 is 10.1 Å². The number of aromatic nitrogens is 1. The molecule has 1 aliphatic heterocycles. The van der Waals surface area contributed by atoms with Crippen molar-refractivity contribution in [2.75, 3.05) is 13.2 Å². The summed E-state index contributed by atoms with van der Waals surface area (Å²) in [6.45, 7) is 5.71. The second kappa shape index (κ2) is 8.85. The lowest BCUT2D eigenvalue weighted by atomic mass is 10.1. The number of rotatable bonds is 8. The molecule has 2 heterocycles. The van der Waals surface area contributed by atoms with Gasteiger partial charge in [0.15, 0.2) is 0 Å². The predicted octanol–water partition coefficient (Wildman–Crippen LogP) is 3.10. The normalized spacial score (nSPS) is 16.6. The van der Waals surface area contributed by atoms with Gasteiger partial charge in [-0.3, -0.25) is 4.79 Å². The molecule has 140 valence electrons. The van der Waals surface area contributed by atoms with Gasteiger partial charge in [0.2, 0.25) is 5.91 Å². The Kier molecular flexibility index (Phi) is 6.28. The summed E-state index contributed by atoms with van der Waals surface area (Å²) >= 11 is 0. The van der Waals surface area contributed by atoms with Gasteiger partial charge in [0.25, 0.3) is 0 Å². The smallest absolute Gasteiger partial charge is 0.224 e. The molecule has 26 heavy (non-hydrogen) atoms. The molecular formula is C20H26N2O4. The first-order chi connectivity index (χ1) is 12.6. The zero-order valence-electron chi connectivity index (χ0n) is 15.4. The Labute approximate surface area is 153 Å². The number of nitrogens with one attached hydrogen (secondary N) is 1. The summed E-state index contributed by atoms with van der Waals surface area (Å²) in [6, 6.07) is 7.60. The van der Waals surface area contributed by atoms with E-state index in [0.717, 1.165) is 54.2 Å². The van der Waals surface area contributed by atoms with Crippen LogP contribution in [0.4, 0.5) is 0 Å². The first-order valence-corrected chi connectivity index (χ1v) is 9.13. The topological polar surface area (TPSA) is 73.6 Å². The number of amides is 1. The summed E-state index contributed by atoms with van der Waals surface area (Å²) in [5.41, 5.74) is 2.78. The maximum absolute atomic E-state index is 12.0. The van der Waals surface area contributed by atoms with Crippen molar-refractivity contribution in [3.8, 4) is 5.75 Å². The maximum atomic E-state index is 12.0. The van der Waals surface area contributed by atoms with Gasteiger partial charge in [0.05, 0.1) is 23.8 Å². The van der Waals surface area contributed by atoms with Crippen LogP contribution >= 0.6 is 0 Å². The number of carbonyl (C=O) groups is 1. The molecule has 1 fully saturated rings. The van der Waals surface area contributed by atoms with Gasteiger partial charge in [-0.05, 0) is 50.8 Å². The Balaban J connectivity index is 1.41. The van der Waals surface area contributed by atoms with E-state index in [2.05, 4.69) is 10.5 Å². The van der Waals surface area contributed by atoms with E-state index >= 15 is 0 Å². The highest BCUT2D eigenvalue weighted by atomic mass is 16.5. The first kappa shape index (κ1) is 18.5. The average Bonchev–Trinajstić information content (AvgIpc) is 3.25. The summed E-state index contributed by atoms with van der Waals surface area (Å²) < 4.78 is 16.5. The van der Waals surface area contributed by atoms with Gasteiger partial charge in [0, 0.05) is 13.2 Å². The Morgan fingerprint density at radius 3 is 2.77 bits per heavy atom. The molecule has 6 nitrogen and oxygen atoms in total. The van der Waals surface area contributed by atoms with E-state index in [0.29, 0.717) is 25.7 Å². The number of hydrogen-bond acceptors (Lipinski definition) is 5. The molecule has 0 spiro atoms. The molecule has 3 rings (SSSR count). The number of hydrogen-bond donors (Lipinski definition) is 1. The number of nitrogens with zero attached hydrogens (tertiary/aromatic N) is 1. The van der Waals surface area contributed by atoms with Crippen LogP contribution in [0.3, 0.4) is 0 Å². The van der Waals surface area contributed by atoms with Crippen molar-refractivity contribution in [3.05, 3.63) is 46.8 Å². The van der Waals surface area contributed by atoms with E-state index in [1.165, 1.54) is 0 Å². The summed E-state index contributed by atoms with van der Waals surface area (Å²) in [5, 5.41) is 6.88. The highest BCUT2D eigenvalue weighted by Gasteiger charge is 2.15. The van der Waals surface area contributed by atoms with Gasteiger partial charge >= 0.3 is 0 Å². The minimum atomic E-state index is 0.0346. The second-order valence-electron chi connectivity index (χ2n) is 6.69. The van der Waals surface area contributed by atoms with E-state index in [1.807, 2.05) is 38.1 Å². The fraction of sp³-hybridized carbons (Fsp3) is 0.500. The van der Waals surface area contributed by atoms with Gasteiger partial charge in [0.1, 0.15) is 18.1 Å². The maximum Gasteiger partial charge on any atom is 0.224 e.